The number of aromatic hydroxyl groups is 2. The van der Waals surface area contributed by atoms with Crippen molar-refractivity contribution >= 4 is 23.4 Å². The van der Waals surface area contributed by atoms with Crippen LogP contribution in [0.3, 0.4) is 0 Å². The number of rotatable bonds is 0. The molecule has 0 bridgehead atoms. The number of carbonyl (C=O) groups is 2. The van der Waals surface area contributed by atoms with Gasteiger partial charge >= 0.3 is 5.97 Å². The molecule has 1 heterocycles. The summed E-state index contributed by atoms with van der Waals surface area (Å²) in [5.74, 6) is -2.09. The van der Waals surface area contributed by atoms with Gasteiger partial charge in [0.15, 0.2) is 5.78 Å². The van der Waals surface area contributed by atoms with Crippen LogP contribution in [0.4, 0.5) is 0 Å². The summed E-state index contributed by atoms with van der Waals surface area (Å²) < 4.78 is 5.30. The number of fused-ring (bicyclic) bond motifs is 1. The number of ether oxygens (including phenoxy) is 1. The van der Waals surface area contributed by atoms with Crippen molar-refractivity contribution in [2.24, 2.45) is 0 Å². The molecule has 0 fully saturated rings. The summed E-state index contributed by atoms with van der Waals surface area (Å²) in [7, 11) is 0. The average molecular weight is 369 g/mol. The fourth-order valence-electron chi connectivity index (χ4n) is 2.69. The molecule has 0 spiro atoms. The lowest BCUT2D eigenvalue weighted by molar-refractivity contribution is -0.114. The Morgan fingerprint density at radius 1 is 1.16 bits per heavy atom. The summed E-state index contributed by atoms with van der Waals surface area (Å²) in [6, 6.07) is 0.945. The number of hydrogen-bond acceptors (Lipinski definition) is 6. The summed E-state index contributed by atoms with van der Waals surface area (Å²) in [5, 5.41) is 29.6. The van der Waals surface area contributed by atoms with Gasteiger partial charge < -0.3 is 20.1 Å². The molecular formula is C18H21ClO6. The number of benzene rings is 1. The van der Waals surface area contributed by atoms with Crippen LogP contribution in [0.25, 0.3) is 0 Å². The van der Waals surface area contributed by atoms with E-state index in [4.69, 9.17) is 16.3 Å². The molecule has 0 aliphatic carbocycles. The second kappa shape index (κ2) is 8.36. The van der Waals surface area contributed by atoms with Crippen LogP contribution in [0.2, 0.25) is 5.02 Å². The summed E-state index contributed by atoms with van der Waals surface area (Å²) >= 11 is 6.04. The van der Waals surface area contributed by atoms with Gasteiger partial charge in [-0.05, 0) is 38.7 Å². The lowest BCUT2D eigenvalue weighted by Crippen LogP contribution is -2.20. The Bertz CT molecular complexity index is 697. The molecule has 0 unspecified atom stereocenters. The molecule has 0 aromatic heterocycles. The predicted molar refractivity (Wildman–Crippen MR) is 92.0 cm³/mol. The summed E-state index contributed by atoms with van der Waals surface area (Å²) in [4.78, 5) is 24.6. The molecule has 1 aromatic rings. The van der Waals surface area contributed by atoms with E-state index in [1.165, 1.54) is 6.08 Å². The molecule has 1 aliphatic heterocycles. The van der Waals surface area contributed by atoms with Gasteiger partial charge in [0.05, 0.1) is 17.2 Å². The number of halogens is 1. The van der Waals surface area contributed by atoms with Crippen molar-refractivity contribution < 1.29 is 29.6 Å². The zero-order valence-corrected chi connectivity index (χ0v) is 14.6. The van der Waals surface area contributed by atoms with Crippen LogP contribution >= 0.6 is 11.6 Å². The predicted octanol–water partition coefficient (Wildman–Crippen LogP) is 2.90. The average Bonchev–Trinajstić information content (AvgIpc) is 2.53. The Labute approximate surface area is 150 Å². The largest absolute Gasteiger partial charge is 0.507 e. The number of allylic oxidation sites excluding steroid dienone is 2. The normalized spacial score (nSPS) is 24.1. The van der Waals surface area contributed by atoms with E-state index in [0.717, 1.165) is 6.07 Å². The Kier molecular flexibility index (Phi) is 6.45. The number of phenolic OH excluding ortho intramolecular Hbond substituents is 2. The first-order valence-corrected chi connectivity index (χ1v) is 8.49. The van der Waals surface area contributed by atoms with Gasteiger partial charge in [0.2, 0.25) is 0 Å². The van der Waals surface area contributed by atoms with E-state index in [-0.39, 0.29) is 28.4 Å². The standard InChI is InChI=1S/C18H21ClO6/c1-10-6-7-11(20)4-2-3-5-12(21)8-13-16(18(24)25-10)14(22)9-15(23)17(13)19/h3,5,9-11,20,22-23H,2,4,6-8H2,1H3/b5-3+/t10-,11-/m1/s1. The fraction of sp³-hybridized carbons (Fsp3) is 0.444. The Morgan fingerprint density at radius 3 is 2.60 bits per heavy atom. The Balaban J connectivity index is 2.44. The van der Waals surface area contributed by atoms with E-state index in [0.29, 0.717) is 25.7 Å². The number of aliphatic hydroxyl groups is 1. The third kappa shape index (κ3) is 4.96. The quantitative estimate of drug-likeness (QED) is 0.608. The molecule has 0 saturated heterocycles. The van der Waals surface area contributed by atoms with Crippen LogP contribution in [0, 0.1) is 0 Å². The van der Waals surface area contributed by atoms with E-state index in [1.54, 1.807) is 13.0 Å². The van der Waals surface area contributed by atoms with Crippen molar-refractivity contribution in [2.45, 2.75) is 51.2 Å². The lowest BCUT2D eigenvalue weighted by atomic mass is 9.99. The number of ketones is 1. The lowest BCUT2D eigenvalue weighted by Gasteiger charge is -2.18. The minimum Gasteiger partial charge on any atom is -0.507 e. The third-order valence-corrected chi connectivity index (χ3v) is 4.48. The minimum atomic E-state index is -0.828. The molecule has 0 radical (unpaired) electrons. The summed E-state index contributed by atoms with van der Waals surface area (Å²) in [6.45, 7) is 1.68. The number of esters is 1. The van der Waals surface area contributed by atoms with Gasteiger partial charge in [0.25, 0.3) is 0 Å². The van der Waals surface area contributed by atoms with Gasteiger partial charge in [0, 0.05) is 18.1 Å². The van der Waals surface area contributed by atoms with Crippen LogP contribution in [0.1, 0.15) is 48.5 Å². The van der Waals surface area contributed by atoms with Gasteiger partial charge in [0.1, 0.15) is 17.1 Å². The smallest absolute Gasteiger partial charge is 0.342 e. The van der Waals surface area contributed by atoms with Gasteiger partial charge in [-0.1, -0.05) is 17.7 Å². The molecule has 2 rings (SSSR count). The van der Waals surface area contributed by atoms with E-state index in [9.17, 15) is 24.9 Å². The number of cyclic esters (lactones) is 1. The first kappa shape index (κ1) is 19.3. The van der Waals surface area contributed by atoms with Crippen molar-refractivity contribution in [3.63, 3.8) is 0 Å². The van der Waals surface area contributed by atoms with Crippen molar-refractivity contribution in [1.82, 2.24) is 0 Å². The number of phenols is 2. The van der Waals surface area contributed by atoms with Crippen molar-refractivity contribution in [3.05, 3.63) is 34.4 Å². The van der Waals surface area contributed by atoms with Crippen molar-refractivity contribution in [1.29, 1.82) is 0 Å². The minimum absolute atomic E-state index is 0.0307. The first-order chi connectivity index (χ1) is 11.8. The van der Waals surface area contributed by atoms with Crippen LogP contribution in [0.5, 0.6) is 11.5 Å². The zero-order chi connectivity index (χ0) is 18.6. The molecule has 25 heavy (non-hydrogen) atoms. The molecule has 1 aliphatic rings. The topological polar surface area (TPSA) is 104 Å². The number of carbonyl (C=O) groups excluding carboxylic acids is 2. The van der Waals surface area contributed by atoms with E-state index in [1.807, 2.05) is 0 Å². The van der Waals surface area contributed by atoms with Gasteiger partial charge in [-0.25, -0.2) is 4.79 Å². The van der Waals surface area contributed by atoms with Crippen LogP contribution < -0.4 is 0 Å². The van der Waals surface area contributed by atoms with E-state index in [2.05, 4.69) is 0 Å². The van der Waals surface area contributed by atoms with Gasteiger partial charge in [-0.3, -0.25) is 4.79 Å². The van der Waals surface area contributed by atoms with Crippen LogP contribution in [-0.4, -0.2) is 39.3 Å². The summed E-state index contributed by atoms with van der Waals surface area (Å²) in [6.07, 6.45) is 3.63. The molecule has 0 amide bonds. The van der Waals surface area contributed by atoms with Gasteiger partial charge in [-0.2, -0.15) is 0 Å². The highest BCUT2D eigenvalue weighted by Gasteiger charge is 2.26. The maximum atomic E-state index is 12.4. The zero-order valence-electron chi connectivity index (χ0n) is 13.9. The molecular weight excluding hydrogens is 348 g/mol. The summed E-state index contributed by atoms with van der Waals surface area (Å²) in [5.41, 5.74) is -0.197. The second-order valence-corrected chi connectivity index (χ2v) is 6.53. The second-order valence-electron chi connectivity index (χ2n) is 6.15. The van der Waals surface area contributed by atoms with E-state index >= 15 is 0 Å². The first-order valence-electron chi connectivity index (χ1n) is 8.11. The Hall–Kier alpha value is -2.05. The van der Waals surface area contributed by atoms with Crippen LogP contribution in [0.15, 0.2) is 18.2 Å². The highest BCUT2D eigenvalue weighted by Crippen LogP contribution is 2.37. The maximum Gasteiger partial charge on any atom is 0.342 e. The molecule has 7 heteroatoms. The van der Waals surface area contributed by atoms with Gasteiger partial charge in [-0.15, -0.1) is 0 Å². The van der Waals surface area contributed by atoms with Crippen molar-refractivity contribution in [2.75, 3.05) is 0 Å². The SMILES string of the molecule is C[C@@H]1CC[C@H](O)CC/C=C/C(=O)Cc2c(Cl)c(O)cc(O)c2C(=O)O1. The molecule has 6 nitrogen and oxygen atoms in total. The molecule has 0 saturated carbocycles. The molecule has 1 aromatic carbocycles. The molecule has 3 N–H and O–H groups in total. The van der Waals surface area contributed by atoms with Crippen LogP contribution in [-0.2, 0) is 16.0 Å². The molecule has 2 atom stereocenters. The highest BCUT2D eigenvalue weighted by molar-refractivity contribution is 6.33. The van der Waals surface area contributed by atoms with Crippen molar-refractivity contribution in [3.8, 4) is 11.5 Å². The highest BCUT2D eigenvalue weighted by atomic mass is 35.5. The third-order valence-electron chi connectivity index (χ3n) is 4.06. The number of aliphatic hydroxyl groups excluding tert-OH is 1. The maximum absolute atomic E-state index is 12.4. The van der Waals surface area contributed by atoms with E-state index < -0.39 is 29.7 Å². The molecule has 136 valence electrons. The number of hydrogen-bond donors (Lipinski definition) is 3. The fourth-order valence-corrected chi connectivity index (χ4v) is 2.90. The Morgan fingerprint density at radius 2 is 1.88 bits per heavy atom. The monoisotopic (exact) mass is 368 g/mol.